The molecular weight excluding hydrogens is 342 g/mol. The molecule has 3 rings (SSSR count). The number of aromatic nitrogens is 2. The minimum absolute atomic E-state index is 0. The van der Waals surface area contributed by atoms with Crippen LogP contribution >= 0.6 is 12.4 Å². The van der Waals surface area contributed by atoms with E-state index in [1.54, 1.807) is 24.0 Å². The largest absolute Gasteiger partial charge is 0.326 e. The maximum atomic E-state index is 12.6. The highest BCUT2D eigenvalue weighted by Crippen LogP contribution is 2.26. The van der Waals surface area contributed by atoms with Crippen molar-refractivity contribution in [2.24, 2.45) is 7.05 Å². The van der Waals surface area contributed by atoms with Crippen LogP contribution in [0.25, 0.3) is 0 Å². The molecule has 1 aliphatic heterocycles. The van der Waals surface area contributed by atoms with Gasteiger partial charge in [0.2, 0.25) is 11.8 Å². The standard InChI is InChI=1S/C17H21N5O2.ClH/c1-18-16(12-9-19-22(2)10-12)17(24)20-13-6-7-14-11(8-13)4-3-5-15(23)21-14;/h6-10,16,18H,3-5H2,1-2H3,(H,20,24)(H,21,23);1H. The van der Waals surface area contributed by atoms with E-state index in [-0.39, 0.29) is 24.2 Å². The summed E-state index contributed by atoms with van der Waals surface area (Å²) in [5, 5.41) is 12.9. The number of halogens is 1. The Morgan fingerprint density at radius 3 is 2.84 bits per heavy atom. The van der Waals surface area contributed by atoms with Crippen molar-refractivity contribution < 1.29 is 9.59 Å². The first-order valence-corrected chi connectivity index (χ1v) is 7.96. The van der Waals surface area contributed by atoms with Crippen molar-refractivity contribution in [1.29, 1.82) is 0 Å². The molecule has 0 aliphatic carbocycles. The Balaban J connectivity index is 0.00000225. The first kappa shape index (κ1) is 19.0. The number of carbonyl (C=O) groups excluding carboxylic acids is 2. The van der Waals surface area contributed by atoms with Gasteiger partial charge in [-0.15, -0.1) is 12.4 Å². The molecule has 2 aromatic rings. The highest BCUT2D eigenvalue weighted by molar-refractivity contribution is 5.97. The smallest absolute Gasteiger partial charge is 0.246 e. The van der Waals surface area contributed by atoms with E-state index in [1.165, 1.54) is 0 Å². The van der Waals surface area contributed by atoms with Crippen LogP contribution in [0.4, 0.5) is 11.4 Å². The van der Waals surface area contributed by atoms with Crippen molar-refractivity contribution in [3.63, 3.8) is 0 Å². The Morgan fingerprint density at radius 2 is 2.16 bits per heavy atom. The number of anilines is 2. The number of aryl methyl sites for hydroxylation is 2. The molecule has 0 saturated heterocycles. The van der Waals surface area contributed by atoms with Crippen LogP contribution in [0, 0.1) is 0 Å². The zero-order chi connectivity index (χ0) is 17.1. The summed E-state index contributed by atoms with van der Waals surface area (Å²) in [7, 11) is 3.55. The fourth-order valence-corrected chi connectivity index (χ4v) is 2.91. The van der Waals surface area contributed by atoms with Crippen molar-refractivity contribution in [3.8, 4) is 0 Å². The Morgan fingerprint density at radius 1 is 1.36 bits per heavy atom. The number of nitrogens with zero attached hydrogens (tertiary/aromatic N) is 2. The third-order valence-corrected chi connectivity index (χ3v) is 4.11. The van der Waals surface area contributed by atoms with Gasteiger partial charge >= 0.3 is 0 Å². The van der Waals surface area contributed by atoms with Gasteiger partial charge in [0.05, 0.1) is 6.20 Å². The first-order chi connectivity index (χ1) is 11.6. The van der Waals surface area contributed by atoms with E-state index < -0.39 is 6.04 Å². The summed E-state index contributed by atoms with van der Waals surface area (Å²) in [6, 6.07) is 5.09. The minimum atomic E-state index is -0.475. The molecule has 25 heavy (non-hydrogen) atoms. The second kappa shape index (κ2) is 8.13. The van der Waals surface area contributed by atoms with E-state index in [0.29, 0.717) is 6.42 Å². The van der Waals surface area contributed by atoms with E-state index >= 15 is 0 Å². The number of hydrogen-bond donors (Lipinski definition) is 3. The van der Waals surface area contributed by atoms with Gasteiger partial charge in [0.15, 0.2) is 0 Å². The third kappa shape index (κ3) is 4.37. The number of rotatable bonds is 4. The molecular formula is C17H22ClN5O2. The lowest BCUT2D eigenvalue weighted by Crippen LogP contribution is -2.30. The van der Waals surface area contributed by atoms with E-state index in [1.807, 2.05) is 25.4 Å². The second-order valence-electron chi connectivity index (χ2n) is 5.93. The monoisotopic (exact) mass is 363 g/mol. The van der Waals surface area contributed by atoms with Crippen LogP contribution in [-0.4, -0.2) is 28.6 Å². The molecule has 0 saturated carbocycles. The Labute approximate surface area is 152 Å². The van der Waals surface area contributed by atoms with Crippen LogP contribution in [-0.2, 0) is 23.1 Å². The minimum Gasteiger partial charge on any atom is -0.326 e. The molecule has 8 heteroatoms. The summed E-state index contributed by atoms with van der Waals surface area (Å²) in [4.78, 5) is 24.2. The molecule has 0 bridgehead atoms. The molecule has 2 amide bonds. The van der Waals surface area contributed by atoms with Crippen LogP contribution in [0.1, 0.15) is 30.0 Å². The average molecular weight is 364 g/mol. The van der Waals surface area contributed by atoms with Gasteiger partial charge in [-0.2, -0.15) is 5.10 Å². The molecule has 3 N–H and O–H groups in total. The topological polar surface area (TPSA) is 88.1 Å². The van der Waals surface area contributed by atoms with Crippen LogP contribution in [0.3, 0.4) is 0 Å². The van der Waals surface area contributed by atoms with Crippen molar-refractivity contribution >= 4 is 35.6 Å². The van der Waals surface area contributed by atoms with E-state index in [9.17, 15) is 9.59 Å². The Hall–Kier alpha value is -2.38. The molecule has 2 heterocycles. The van der Waals surface area contributed by atoms with E-state index in [4.69, 9.17) is 0 Å². The van der Waals surface area contributed by atoms with Gasteiger partial charge in [-0.3, -0.25) is 14.3 Å². The van der Waals surface area contributed by atoms with Gasteiger partial charge < -0.3 is 16.0 Å². The fraction of sp³-hybridized carbons (Fsp3) is 0.353. The van der Waals surface area contributed by atoms with Crippen LogP contribution in [0.5, 0.6) is 0 Å². The van der Waals surface area contributed by atoms with Crippen molar-refractivity contribution in [2.75, 3.05) is 17.7 Å². The predicted molar refractivity (Wildman–Crippen MR) is 98.9 cm³/mol. The maximum absolute atomic E-state index is 12.6. The summed E-state index contributed by atoms with van der Waals surface area (Å²) >= 11 is 0. The zero-order valence-corrected chi connectivity index (χ0v) is 15.0. The zero-order valence-electron chi connectivity index (χ0n) is 14.2. The molecule has 0 fully saturated rings. The lowest BCUT2D eigenvalue weighted by Gasteiger charge is -2.16. The van der Waals surface area contributed by atoms with Crippen LogP contribution in [0.15, 0.2) is 30.6 Å². The molecule has 1 aromatic carbocycles. The summed E-state index contributed by atoms with van der Waals surface area (Å²) in [5.74, 6) is -0.111. The molecule has 1 aliphatic rings. The quantitative estimate of drug-likeness (QED) is 0.775. The molecule has 1 unspecified atom stereocenters. The number of amides is 2. The average Bonchev–Trinajstić information content (AvgIpc) is 2.87. The normalized spacial score (nSPS) is 14.6. The summed E-state index contributed by atoms with van der Waals surface area (Å²) < 4.78 is 1.66. The van der Waals surface area contributed by atoms with Gasteiger partial charge in [-0.1, -0.05) is 0 Å². The molecule has 1 aromatic heterocycles. The number of carbonyl (C=O) groups is 2. The van der Waals surface area contributed by atoms with Gasteiger partial charge in [0.25, 0.3) is 0 Å². The third-order valence-electron chi connectivity index (χ3n) is 4.11. The van der Waals surface area contributed by atoms with Crippen molar-refractivity contribution in [1.82, 2.24) is 15.1 Å². The van der Waals surface area contributed by atoms with E-state index in [2.05, 4.69) is 21.0 Å². The van der Waals surface area contributed by atoms with E-state index in [0.717, 1.165) is 35.3 Å². The van der Waals surface area contributed by atoms with Crippen molar-refractivity contribution in [2.45, 2.75) is 25.3 Å². The first-order valence-electron chi connectivity index (χ1n) is 7.96. The lowest BCUT2D eigenvalue weighted by molar-refractivity contribution is -0.118. The van der Waals surface area contributed by atoms with Crippen LogP contribution in [0.2, 0.25) is 0 Å². The molecule has 0 radical (unpaired) electrons. The summed E-state index contributed by atoms with van der Waals surface area (Å²) in [5.41, 5.74) is 3.40. The molecule has 0 spiro atoms. The Kier molecular flexibility index (Phi) is 6.17. The predicted octanol–water partition coefficient (Wildman–Crippen LogP) is 2.02. The highest BCUT2D eigenvalue weighted by Gasteiger charge is 2.21. The lowest BCUT2D eigenvalue weighted by atomic mass is 10.1. The number of likely N-dealkylation sites (N-methyl/N-ethyl adjacent to an activating group) is 1. The highest BCUT2D eigenvalue weighted by atomic mass is 35.5. The summed E-state index contributed by atoms with van der Waals surface area (Å²) in [6.45, 7) is 0. The van der Waals surface area contributed by atoms with Gasteiger partial charge in [-0.25, -0.2) is 0 Å². The van der Waals surface area contributed by atoms with Gasteiger partial charge in [0, 0.05) is 36.6 Å². The summed E-state index contributed by atoms with van der Waals surface area (Å²) in [6.07, 6.45) is 5.64. The van der Waals surface area contributed by atoms with Gasteiger partial charge in [0.1, 0.15) is 6.04 Å². The van der Waals surface area contributed by atoms with Crippen molar-refractivity contribution in [3.05, 3.63) is 41.7 Å². The molecule has 7 nitrogen and oxygen atoms in total. The molecule has 1 atom stereocenters. The number of nitrogens with one attached hydrogen (secondary N) is 3. The Bertz CT molecular complexity index is 774. The van der Waals surface area contributed by atoms with Crippen LogP contribution < -0.4 is 16.0 Å². The fourth-order valence-electron chi connectivity index (χ4n) is 2.91. The number of hydrogen-bond acceptors (Lipinski definition) is 4. The number of benzene rings is 1. The van der Waals surface area contributed by atoms with Gasteiger partial charge in [-0.05, 0) is 43.7 Å². The number of fused-ring (bicyclic) bond motifs is 1. The maximum Gasteiger partial charge on any atom is 0.246 e. The second-order valence-corrected chi connectivity index (χ2v) is 5.93. The molecule has 134 valence electrons. The SMILES string of the molecule is CNC(C(=O)Nc1ccc2c(c1)CCCC(=O)N2)c1cnn(C)c1.Cl.